The Kier molecular flexibility index (Phi) is 7.18. The fourth-order valence-electron chi connectivity index (χ4n) is 2.03. The van der Waals surface area contributed by atoms with Crippen molar-refractivity contribution < 1.29 is 0 Å². The minimum absolute atomic E-state index is 0.0790. The third-order valence-corrected chi connectivity index (χ3v) is 3.14. The highest BCUT2D eigenvalue weighted by Crippen LogP contribution is 2.00. The van der Waals surface area contributed by atoms with Gasteiger partial charge in [-0.15, -0.1) is 0 Å². The van der Waals surface area contributed by atoms with Gasteiger partial charge in [-0.3, -0.25) is 9.78 Å². The van der Waals surface area contributed by atoms with E-state index in [1.165, 1.54) is 0 Å². The Balaban J connectivity index is 2.42. The smallest absolute Gasteiger partial charge is 0.252 e. The van der Waals surface area contributed by atoms with Gasteiger partial charge < -0.3 is 10.2 Å². The van der Waals surface area contributed by atoms with Gasteiger partial charge in [0.25, 0.3) is 5.56 Å². The maximum absolute atomic E-state index is 11.5. The van der Waals surface area contributed by atoms with Gasteiger partial charge in [0, 0.05) is 18.3 Å². The van der Waals surface area contributed by atoms with Crippen molar-refractivity contribution in [2.45, 2.75) is 40.0 Å². The molecule has 0 fully saturated rings. The zero-order valence-corrected chi connectivity index (χ0v) is 12.3. The quantitative estimate of drug-likeness (QED) is 0.670. The summed E-state index contributed by atoms with van der Waals surface area (Å²) in [4.78, 5) is 21.0. The van der Waals surface area contributed by atoms with E-state index in [9.17, 15) is 4.79 Å². The first-order valence-corrected chi connectivity index (χ1v) is 7.26. The van der Waals surface area contributed by atoms with Crippen LogP contribution in [0.1, 0.15) is 39.3 Å². The summed E-state index contributed by atoms with van der Waals surface area (Å²) in [6, 6.07) is 1.57. The lowest BCUT2D eigenvalue weighted by molar-refractivity contribution is 0.303. The lowest BCUT2D eigenvalue weighted by Gasteiger charge is -2.17. The summed E-state index contributed by atoms with van der Waals surface area (Å²) in [5.74, 6) is 0.593. The van der Waals surface area contributed by atoms with E-state index in [4.69, 9.17) is 0 Å². The SMILES string of the molecule is CCCc1cc(=O)[nH]c(NCCCN(CC)CC)n1. The fourth-order valence-corrected chi connectivity index (χ4v) is 2.03. The molecule has 1 aromatic rings. The molecule has 0 aliphatic rings. The molecule has 2 N–H and O–H groups in total. The molecule has 0 aliphatic heterocycles. The average Bonchev–Trinajstić information content (AvgIpc) is 2.39. The fraction of sp³-hybridized carbons (Fsp3) is 0.714. The number of nitrogens with zero attached hydrogens (tertiary/aromatic N) is 2. The number of H-pyrrole nitrogens is 1. The molecule has 0 aromatic carbocycles. The van der Waals surface area contributed by atoms with Gasteiger partial charge in [0.1, 0.15) is 0 Å². The number of anilines is 1. The third-order valence-electron chi connectivity index (χ3n) is 3.14. The highest BCUT2D eigenvalue weighted by atomic mass is 16.1. The highest BCUT2D eigenvalue weighted by Gasteiger charge is 2.01. The van der Waals surface area contributed by atoms with E-state index in [1.54, 1.807) is 6.07 Å². The number of rotatable bonds is 9. The summed E-state index contributed by atoms with van der Waals surface area (Å²) < 4.78 is 0. The van der Waals surface area contributed by atoms with Crippen molar-refractivity contribution in [2.75, 3.05) is 31.5 Å². The van der Waals surface area contributed by atoms with Crippen LogP contribution >= 0.6 is 0 Å². The molecule has 0 radical (unpaired) electrons. The molecule has 19 heavy (non-hydrogen) atoms. The Morgan fingerprint density at radius 2 is 2.05 bits per heavy atom. The molecular formula is C14H26N4O. The lowest BCUT2D eigenvalue weighted by Crippen LogP contribution is -2.25. The summed E-state index contributed by atoms with van der Waals surface area (Å²) in [6.07, 6.45) is 2.89. The molecule has 1 heterocycles. The van der Waals surface area contributed by atoms with Crippen LogP contribution in [0.2, 0.25) is 0 Å². The second-order valence-corrected chi connectivity index (χ2v) is 4.64. The summed E-state index contributed by atoms with van der Waals surface area (Å²) in [7, 11) is 0. The number of aryl methyl sites for hydroxylation is 1. The van der Waals surface area contributed by atoms with Crippen LogP contribution in [0.25, 0.3) is 0 Å². The van der Waals surface area contributed by atoms with Crippen molar-refractivity contribution in [1.82, 2.24) is 14.9 Å². The van der Waals surface area contributed by atoms with Gasteiger partial charge in [0.2, 0.25) is 5.95 Å². The van der Waals surface area contributed by atoms with Crippen LogP contribution in [0.3, 0.4) is 0 Å². The van der Waals surface area contributed by atoms with Crippen LogP contribution in [-0.4, -0.2) is 41.0 Å². The first-order valence-electron chi connectivity index (χ1n) is 7.26. The van der Waals surface area contributed by atoms with E-state index in [0.717, 1.165) is 51.1 Å². The molecule has 0 amide bonds. The largest absolute Gasteiger partial charge is 0.356 e. The molecule has 1 aromatic heterocycles. The van der Waals surface area contributed by atoms with Crippen LogP contribution in [0.4, 0.5) is 5.95 Å². The van der Waals surface area contributed by atoms with E-state index < -0.39 is 0 Å². The van der Waals surface area contributed by atoms with E-state index in [-0.39, 0.29) is 5.56 Å². The molecule has 0 bridgehead atoms. The van der Waals surface area contributed by atoms with E-state index >= 15 is 0 Å². The summed E-state index contributed by atoms with van der Waals surface area (Å²) in [5.41, 5.74) is 0.780. The molecule has 0 saturated heterocycles. The maximum Gasteiger partial charge on any atom is 0.252 e. The van der Waals surface area contributed by atoms with Crippen molar-refractivity contribution >= 4 is 5.95 Å². The predicted molar refractivity (Wildman–Crippen MR) is 79.7 cm³/mol. The molecule has 108 valence electrons. The second-order valence-electron chi connectivity index (χ2n) is 4.64. The third kappa shape index (κ3) is 5.87. The maximum atomic E-state index is 11.5. The monoisotopic (exact) mass is 266 g/mol. The standard InChI is InChI=1S/C14H26N4O/c1-4-8-12-11-13(19)17-14(16-12)15-9-7-10-18(5-2)6-3/h11H,4-10H2,1-3H3,(H2,15,16,17,19). The molecule has 1 rings (SSSR count). The Bertz CT molecular complexity index is 412. The highest BCUT2D eigenvalue weighted by molar-refractivity contribution is 5.24. The minimum atomic E-state index is -0.0790. The summed E-state index contributed by atoms with van der Waals surface area (Å²) in [5, 5.41) is 3.19. The van der Waals surface area contributed by atoms with Crippen molar-refractivity contribution in [3.63, 3.8) is 0 Å². The van der Waals surface area contributed by atoms with Crippen molar-refractivity contribution in [3.8, 4) is 0 Å². The molecule has 5 heteroatoms. The van der Waals surface area contributed by atoms with Gasteiger partial charge in [-0.1, -0.05) is 27.2 Å². The predicted octanol–water partition coefficient (Wildman–Crippen LogP) is 1.87. The average molecular weight is 266 g/mol. The van der Waals surface area contributed by atoms with Crippen LogP contribution in [-0.2, 0) is 6.42 Å². The number of nitrogens with one attached hydrogen (secondary N) is 2. The second kappa shape index (κ2) is 8.69. The van der Waals surface area contributed by atoms with Gasteiger partial charge in [0.15, 0.2) is 0 Å². The van der Waals surface area contributed by atoms with Crippen LogP contribution in [0.5, 0.6) is 0 Å². The van der Waals surface area contributed by atoms with Gasteiger partial charge in [-0.05, 0) is 32.5 Å². The van der Waals surface area contributed by atoms with Crippen molar-refractivity contribution in [2.24, 2.45) is 0 Å². The van der Waals surface area contributed by atoms with Crippen molar-refractivity contribution in [3.05, 3.63) is 22.1 Å². The van der Waals surface area contributed by atoms with Gasteiger partial charge in [-0.25, -0.2) is 4.98 Å². The first-order chi connectivity index (χ1) is 9.19. The Morgan fingerprint density at radius 3 is 2.68 bits per heavy atom. The van der Waals surface area contributed by atoms with Crippen LogP contribution < -0.4 is 10.9 Å². The summed E-state index contributed by atoms with van der Waals surface area (Å²) >= 11 is 0. The number of hydrogen-bond acceptors (Lipinski definition) is 4. The van der Waals surface area contributed by atoms with Gasteiger partial charge in [0.05, 0.1) is 0 Å². The minimum Gasteiger partial charge on any atom is -0.356 e. The topological polar surface area (TPSA) is 61.0 Å². The first kappa shape index (κ1) is 15.7. The number of aromatic amines is 1. The number of aromatic nitrogens is 2. The molecule has 0 spiro atoms. The Morgan fingerprint density at radius 1 is 1.32 bits per heavy atom. The normalized spacial score (nSPS) is 10.9. The zero-order valence-electron chi connectivity index (χ0n) is 12.3. The number of hydrogen-bond donors (Lipinski definition) is 2. The van der Waals surface area contributed by atoms with Crippen molar-refractivity contribution in [1.29, 1.82) is 0 Å². The van der Waals surface area contributed by atoms with E-state index in [1.807, 2.05) is 0 Å². The molecule has 0 atom stereocenters. The zero-order chi connectivity index (χ0) is 14.1. The lowest BCUT2D eigenvalue weighted by atomic mass is 10.2. The Hall–Kier alpha value is -1.36. The summed E-state index contributed by atoms with van der Waals surface area (Å²) in [6.45, 7) is 10.5. The van der Waals surface area contributed by atoms with E-state index in [0.29, 0.717) is 5.95 Å². The molecule has 0 unspecified atom stereocenters. The van der Waals surface area contributed by atoms with E-state index in [2.05, 4.69) is 41.0 Å². The van der Waals surface area contributed by atoms with Crippen LogP contribution in [0, 0.1) is 0 Å². The van der Waals surface area contributed by atoms with Crippen LogP contribution in [0.15, 0.2) is 10.9 Å². The molecule has 0 aliphatic carbocycles. The molecular weight excluding hydrogens is 240 g/mol. The molecule has 0 saturated carbocycles. The van der Waals surface area contributed by atoms with Gasteiger partial charge >= 0.3 is 0 Å². The Labute approximate surface area is 115 Å². The van der Waals surface area contributed by atoms with Gasteiger partial charge in [-0.2, -0.15) is 0 Å². The molecule has 5 nitrogen and oxygen atoms in total.